The highest BCUT2D eigenvalue weighted by Crippen LogP contribution is 2.30. The Morgan fingerprint density at radius 3 is 2.57 bits per heavy atom. The minimum atomic E-state index is -0.974. The molecule has 5 nitrogen and oxygen atoms in total. The molecule has 5 heteroatoms. The number of carboxylic acid groups (broad SMARTS) is 1. The first kappa shape index (κ1) is 15.0. The molecule has 23 heavy (non-hydrogen) atoms. The number of hydrogen-bond acceptors (Lipinski definition) is 3. The maximum Gasteiger partial charge on any atom is 0.335 e. The first-order valence-electron chi connectivity index (χ1n) is 7.40. The van der Waals surface area contributed by atoms with Gasteiger partial charge < -0.3 is 9.67 Å². The molecule has 3 aromatic rings. The van der Waals surface area contributed by atoms with Crippen LogP contribution in [0.2, 0.25) is 0 Å². The summed E-state index contributed by atoms with van der Waals surface area (Å²) in [6.45, 7) is 2.12. The van der Waals surface area contributed by atoms with Gasteiger partial charge in [0.25, 0.3) is 0 Å². The second-order valence-electron chi connectivity index (χ2n) is 5.34. The van der Waals surface area contributed by atoms with E-state index in [1.165, 1.54) is 17.8 Å². The van der Waals surface area contributed by atoms with E-state index in [2.05, 4.69) is 41.2 Å². The first-order valence-corrected chi connectivity index (χ1v) is 7.40. The van der Waals surface area contributed by atoms with Crippen molar-refractivity contribution in [1.82, 2.24) is 14.5 Å². The van der Waals surface area contributed by atoms with Gasteiger partial charge in [0.15, 0.2) is 0 Å². The number of pyridine rings is 1. The van der Waals surface area contributed by atoms with Crippen molar-refractivity contribution in [1.29, 1.82) is 0 Å². The van der Waals surface area contributed by atoms with Gasteiger partial charge in [0.2, 0.25) is 0 Å². The molecular formula is C18H17N3O2. The maximum atomic E-state index is 11.2. The summed E-state index contributed by atoms with van der Waals surface area (Å²) < 4.78 is 1.92. The summed E-state index contributed by atoms with van der Waals surface area (Å²) in [4.78, 5) is 19.9. The molecule has 1 aromatic carbocycles. The largest absolute Gasteiger partial charge is 0.478 e. The van der Waals surface area contributed by atoms with Gasteiger partial charge in [-0.3, -0.25) is 4.98 Å². The first-order chi connectivity index (χ1) is 11.1. The van der Waals surface area contributed by atoms with Gasteiger partial charge in [-0.2, -0.15) is 0 Å². The van der Waals surface area contributed by atoms with Crippen molar-refractivity contribution in [2.45, 2.75) is 13.3 Å². The molecule has 0 amide bonds. The van der Waals surface area contributed by atoms with Gasteiger partial charge in [-0.15, -0.1) is 0 Å². The molecule has 0 aliphatic rings. The topological polar surface area (TPSA) is 68.0 Å². The molecule has 0 unspecified atom stereocenters. The summed E-state index contributed by atoms with van der Waals surface area (Å²) in [7, 11) is 1.92. The molecule has 0 atom stereocenters. The van der Waals surface area contributed by atoms with E-state index in [0.29, 0.717) is 11.4 Å². The van der Waals surface area contributed by atoms with Crippen LogP contribution in [0.1, 0.15) is 22.8 Å². The zero-order chi connectivity index (χ0) is 16.4. The predicted molar refractivity (Wildman–Crippen MR) is 88.2 cm³/mol. The number of nitrogens with zero attached hydrogens (tertiary/aromatic N) is 3. The third-order valence-electron chi connectivity index (χ3n) is 3.82. The van der Waals surface area contributed by atoms with Crippen molar-refractivity contribution in [3.8, 4) is 22.6 Å². The van der Waals surface area contributed by atoms with E-state index in [1.807, 2.05) is 11.6 Å². The van der Waals surface area contributed by atoms with Gasteiger partial charge in [-0.05, 0) is 24.1 Å². The summed E-state index contributed by atoms with van der Waals surface area (Å²) in [6.07, 6.45) is 4.20. The van der Waals surface area contributed by atoms with Gasteiger partial charge in [0, 0.05) is 18.8 Å². The van der Waals surface area contributed by atoms with Gasteiger partial charge in [-0.25, -0.2) is 9.78 Å². The van der Waals surface area contributed by atoms with Crippen LogP contribution in [-0.4, -0.2) is 25.6 Å². The molecular weight excluding hydrogens is 290 g/mol. The smallest absolute Gasteiger partial charge is 0.335 e. The Bertz CT molecular complexity index is 851. The Hall–Kier alpha value is -2.95. The normalized spacial score (nSPS) is 10.7. The van der Waals surface area contributed by atoms with Crippen LogP contribution in [0, 0.1) is 0 Å². The van der Waals surface area contributed by atoms with E-state index in [1.54, 1.807) is 12.4 Å². The van der Waals surface area contributed by atoms with E-state index >= 15 is 0 Å². The lowest BCUT2D eigenvalue weighted by molar-refractivity contribution is 0.0697. The number of aryl methyl sites for hydroxylation is 2. The third kappa shape index (κ3) is 2.85. The fourth-order valence-corrected chi connectivity index (χ4v) is 2.55. The number of carbonyl (C=O) groups is 1. The van der Waals surface area contributed by atoms with Crippen LogP contribution >= 0.6 is 0 Å². The summed E-state index contributed by atoms with van der Waals surface area (Å²) in [5, 5.41) is 9.15. The number of carboxylic acids is 1. The number of hydrogen-bond donors (Lipinski definition) is 1. The quantitative estimate of drug-likeness (QED) is 0.802. The van der Waals surface area contributed by atoms with E-state index in [0.717, 1.165) is 17.7 Å². The van der Waals surface area contributed by atoms with E-state index in [9.17, 15) is 4.79 Å². The number of rotatable bonds is 4. The minimum Gasteiger partial charge on any atom is -0.478 e. The van der Waals surface area contributed by atoms with Gasteiger partial charge in [0.05, 0.1) is 23.3 Å². The van der Waals surface area contributed by atoms with Crippen molar-refractivity contribution < 1.29 is 9.90 Å². The Morgan fingerprint density at radius 2 is 1.91 bits per heavy atom. The molecule has 0 bridgehead atoms. The molecule has 0 spiro atoms. The van der Waals surface area contributed by atoms with Gasteiger partial charge in [0.1, 0.15) is 5.69 Å². The lowest BCUT2D eigenvalue weighted by Crippen LogP contribution is -1.98. The lowest BCUT2D eigenvalue weighted by Gasteiger charge is -2.07. The highest BCUT2D eigenvalue weighted by molar-refractivity contribution is 5.89. The molecule has 3 rings (SSSR count). The molecule has 2 heterocycles. The standard InChI is InChI=1S/C18H17N3O2/c1-3-12-4-6-13(7-5-12)17-16(20-11-21(17)2)15-10-14(18(22)23)8-9-19-15/h4-11H,3H2,1-2H3,(H,22,23). The zero-order valence-corrected chi connectivity index (χ0v) is 13.0. The summed E-state index contributed by atoms with van der Waals surface area (Å²) in [5.41, 5.74) is 4.65. The van der Waals surface area contributed by atoms with Crippen molar-refractivity contribution >= 4 is 5.97 Å². The average Bonchev–Trinajstić information content (AvgIpc) is 2.96. The molecule has 1 N–H and O–H groups in total. The number of benzene rings is 1. The van der Waals surface area contributed by atoms with Crippen LogP contribution < -0.4 is 0 Å². The van der Waals surface area contributed by atoms with Crippen LogP contribution in [0.5, 0.6) is 0 Å². The fraction of sp³-hybridized carbons (Fsp3) is 0.167. The van der Waals surface area contributed by atoms with Crippen molar-refractivity contribution in [2.24, 2.45) is 7.05 Å². The fourth-order valence-electron chi connectivity index (χ4n) is 2.55. The van der Waals surface area contributed by atoms with E-state index in [4.69, 9.17) is 5.11 Å². The molecule has 0 aliphatic heterocycles. The van der Waals surface area contributed by atoms with Gasteiger partial charge >= 0.3 is 5.97 Å². The van der Waals surface area contributed by atoms with Crippen molar-refractivity contribution in [3.05, 3.63) is 60.0 Å². The highest BCUT2D eigenvalue weighted by Gasteiger charge is 2.15. The molecule has 116 valence electrons. The predicted octanol–water partition coefficient (Wildman–Crippen LogP) is 3.41. The molecule has 0 saturated heterocycles. The molecule has 0 saturated carbocycles. The summed E-state index contributed by atoms with van der Waals surface area (Å²) in [5.74, 6) is -0.974. The Morgan fingerprint density at radius 1 is 1.17 bits per heavy atom. The van der Waals surface area contributed by atoms with Crippen molar-refractivity contribution in [3.63, 3.8) is 0 Å². The number of aromatic carboxylic acids is 1. The van der Waals surface area contributed by atoms with Crippen LogP contribution in [0.3, 0.4) is 0 Å². The average molecular weight is 307 g/mol. The number of imidazole rings is 1. The second kappa shape index (κ2) is 6.04. The van der Waals surface area contributed by atoms with Crippen LogP contribution in [0.4, 0.5) is 0 Å². The Kier molecular flexibility index (Phi) is 3.93. The lowest BCUT2D eigenvalue weighted by atomic mass is 10.0. The molecule has 0 aliphatic carbocycles. The van der Waals surface area contributed by atoms with E-state index < -0.39 is 5.97 Å². The Balaban J connectivity index is 2.11. The molecule has 2 aromatic heterocycles. The third-order valence-corrected chi connectivity index (χ3v) is 3.82. The SMILES string of the molecule is CCc1ccc(-c2c(-c3cc(C(=O)O)ccn3)ncn2C)cc1. The Labute approximate surface area is 134 Å². The van der Waals surface area contributed by atoms with Crippen LogP contribution in [0.25, 0.3) is 22.6 Å². The van der Waals surface area contributed by atoms with E-state index in [-0.39, 0.29) is 5.56 Å². The van der Waals surface area contributed by atoms with Crippen molar-refractivity contribution in [2.75, 3.05) is 0 Å². The molecule has 0 fully saturated rings. The van der Waals surface area contributed by atoms with Crippen LogP contribution in [-0.2, 0) is 13.5 Å². The maximum absolute atomic E-state index is 11.2. The molecule has 0 radical (unpaired) electrons. The summed E-state index contributed by atoms with van der Waals surface area (Å²) >= 11 is 0. The minimum absolute atomic E-state index is 0.202. The second-order valence-corrected chi connectivity index (χ2v) is 5.34. The summed E-state index contributed by atoms with van der Waals surface area (Å²) in [6, 6.07) is 11.3. The monoisotopic (exact) mass is 307 g/mol. The van der Waals surface area contributed by atoms with Gasteiger partial charge in [-0.1, -0.05) is 31.2 Å². The highest BCUT2D eigenvalue weighted by atomic mass is 16.4. The van der Waals surface area contributed by atoms with Crippen LogP contribution in [0.15, 0.2) is 48.9 Å². The zero-order valence-electron chi connectivity index (χ0n) is 13.0. The number of aromatic nitrogens is 3.